The summed E-state index contributed by atoms with van der Waals surface area (Å²) in [4.78, 5) is 14.5. The van der Waals surface area contributed by atoms with Crippen LogP contribution < -0.4 is 0 Å². The van der Waals surface area contributed by atoms with Crippen molar-refractivity contribution < 1.29 is 0 Å². The third-order valence-corrected chi connectivity index (χ3v) is 12.3. The highest BCUT2D eigenvalue weighted by atomic mass is 32.2. The molecule has 0 radical (unpaired) electrons. The number of aryl methyl sites for hydroxylation is 1. The number of aromatic nitrogens is 2. The van der Waals surface area contributed by atoms with E-state index in [1.54, 1.807) is 0 Å². The van der Waals surface area contributed by atoms with Crippen molar-refractivity contribution in [3.05, 3.63) is 66.0 Å². The third-order valence-electron chi connectivity index (χ3n) is 10.9. The summed E-state index contributed by atoms with van der Waals surface area (Å²) in [6.45, 7) is 5.33. The maximum atomic E-state index is 9.46. The molecule has 3 saturated heterocycles. The van der Waals surface area contributed by atoms with E-state index in [0.29, 0.717) is 23.4 Å². The largest absolute Gasteiger partial charge is 0.350 e. The molecule has 4 aliphatic rings. The van der Waals surface area contributed by atoms with Crippen molar-refractivity contribution in [2.45, 2.75) is 106 Å². The van der Waals surface area contributed by atoms with Gasteiger partial charge in [-0.1, -0.05) is 67.1 Å². The molecule has 3 atom stereocenters. The second-order valence-corrected chi connectivity index (χ2v) is 14.4. The highest BCUT2D eigenvalue weighted by Crippen LogP contribution is 2.45. The normalized spacial score (nSPS) is 26.6. The Labute approximate surface area is 255 Å². The number of hydrogen-bond donors (Lipinski definition) is 0. The van der Waals surface area contributed by atoms with Gasteiger partial charge < -0.3 is 9.47 Å². The zero-order valence-electron chi connectivity index (χ0n) is 25.0. The van der Waals surface area contributed by atoms with Crippen LogP contribution in [0.15, 0.2) is 59.6 Å². The monoisotopic (exact) mass is 580 g/mol. The van der Waals surface area contributed by atoms with E-state index < -0.39 is 0 Å². The molecule has 2 aromatic carbocycles. The number of benzene rings is 2. The molecule has 2 bridgehead atoms. The number of piperidine rings is 2. The number of para-hydroxylation sites is 2. The van der Waals surface area contributed by atoms with E-state index in [9.17, 15) is 5.26 Å². The van der Waals surface area contributed by atoms with Gasteiger partial charge in [0.05, 0.1) is 11.0 Å². The lowest BCUT2D eigenvalue weighted by molar-refractivity contribution is 0.0890. The van der Waals surface area contributed by atoms with Gasteiger partial charge in [-0.15, -0.1) is 4.99 Å². The first kappa shape index (κ1) is 28.0. The van der Waals surface area contributed by atoms with Crippen molar-refractivity contribution >= 4 is 28.0 Å². The average Bonchev–Trinajstić information content (AvgIpc) is 3.72. The molecule has 1 aliphatic carbocycles. The van der Waals surface area contributed by atoms with Crippen molar-refractivity contribution in [3.63, 3.8) is 0 Å². The molecule has 6 nitrogen and oxygen atoms in total. The number of amidine groups is 1. The Balaban J connectivity index is 1.05. The van der Waals surface area contributed by atoms with Gasteiger partial charge in [0.15, 0.2) is 5.17 Å². The third kappa shape index (κ3) is 5.37. The maximum absolute atomic E-state index is 9.46. The fourth-order valence-corrected chi connectivity index (χ4v) is 10.1. The number of imidazole rings is 1. The van der Waals surface area contributed by atoms with Crippen LogP contribution in [0.5, 0.6) is 0 Å². The Hall–Kier alpha value is -2.82. The topological polar surface area (TPSA) is 60.5 Å². The van der Waals surface area contributed by atoms with Crippen LogP contribution >= 0.6 is 11.8 Å². The van der Waals surface area contributed by atoms with Gasteiger partial charge in [-0.2, -0.15) is 5.26 Å². The predicted molar refractivity (Wildman–Crippen MR) is 173 cm³/mol. The van der Waals surface area contributed by atoms with Gasteiger partial charge in [0, 0.05) is 36.5 Å². The standard InChI is InChI=1S/C35H44N6S/c1-26-38-32-13-7-8-14-33(32)41(26)30-23-28-15-16-29(24-30)40(28)22-19-35(27-9-3-2-4-10-27)17-20-39(21-18-35)34(37-25-36)42-31-11-5-6-12-31/h2-4,7-10,13-14,28-31H,5-6,11-12,15-24H2,1H3/t28-,29+,30?. The van der Waals surface area contributed by atoms with E-state index in [2.05, 4.69) is 87.1 Å². The number of nitrogens with zero attached hydrogens (tertiary/aromatic N) is 6. The molecule has 4 fully saturated rings. The summed E-state index contributed by atoms with van der Waals surface area (Å²) >= 11 is 1.86. The minimum absolute atomic E-state index is 0.182. The van der Waals surface area contributed by atoms with Crippen LogP contribution in [0.4, 0.5) is 0 Å². The van der Waals surface area contributed by atoms with E-state index in [0.717, 1.165) is 42.4 Å². The van der Waals surface area contributed by atoms with Crippen LogP contribution in [0.25, 0.3) is 11.0 Å². The molecule has 220 valence electrons. The van der Waals surface area contributed by atoms with E-state index in [4.69, 9.17) is 4.98 Å². The first-order valence-corrected chi connectivity index (χ1v) is 17.1. The fourth-order valence-electron chi connectivity index (χ4n) is 8.76. The lowest BCUT2D eigenvalue weighted by Crippen LogP contribution is -2.49. The van der Waals surface area contributed by atoms with Crippen LogP contribution in [0.3, 0.4) is 0 Å². The Morgan fingerprint density at radius 3 is 2.36 bits per heavy atom. The average molecular weight is 581 g/mol. The SMILES string of the molecule is Cc1nc2ccccc2n1C1C[C@H]2CC[C@@H](C1)N2CCC1(c2ccccc2)CCN(C(=NC#N)SC2CCCC2)CC1. The molecule has 0 N–H and O–H groups in total. The van der Waals surface area contributed by atoms with Crippen LogP contribution in [0.2, 0.25) is 0 Å². The van der Waals surface area contributed by atoms with Crippen molar-refractivity contribution in [1.29, 1.82) is 5.26 Å². The van der Waals surface area contributed by atoms with Crippen LogP contribution in [0.1, 0.15) is 88.1 Å². The molecular weight excluding hydrogens is 536 g/mol. The zero-order valence-corrected chi connectivity index (χ0v) is 25.8. The van der Waals surface area contributed by atoms with Crippen molar-refractivity contribution in [1.82, 2.24) is 19.4 Å². The molecule has 1 aromatic heterocycles. The minimum atomic E-state index is 0.182. The number of likely N-dealkylation sites (tertiary alicyclic amines) is 1. The molecule has 7 rings (SSSR count). The summed E-state index contributed by atoms with van der Waals surface area (Å²) in [5, 5.41) is 11.1. The van der Waals surface area contributed by atoms with Gasteiger partial charge in [-0.25, -0.2) is 4.98 Å². The number of hydrogen-bond acceptors (Lipinski definition) is 5. The first-order chi connectivity index (χ1) is 20.6. The Morgan fingerprint density at radius 2 is 1.64 bits per heavy atom. The van der Waals surface area contributed by atoms with E-state index >= 15 is 0 Å². The van der Waals surface area contributed by atoms with E-state index in [1.807, 2.05) is 11.8 Å². The molecule has 1 saturated carbocycles. The van der Waals surface area contributed by atoms with E-state index in [1.165, 1.54) is 75.4 Å². The molecule has 4 heterocycles. The Morgan fingerprint density at radius 1 is 0.952 bits per heavy atom. The molecule has 7 heteroatoms. The van der Waals surface area contributed by atoms with E-state index in [-0.39, 0.29) is 5.41 Å². The van der Waals surface area contributed by atoms with Crippen molar-refractivity contribution in [2.75, 3.05) is 19.6 Å². The van der Waals surface area contributed by atoms with Crippen LogP contribution in [-0.4, -0.2) is 61.5 Å². The van der Waals surface area contributed by atoms with Gasteiger partial charge in [-0.3, -0.25) is 4.90 Å². The molecule has 0 spiro atoms. The van der Waals surface area contributed by atoms with Gasteiger partial charge in [0.25, 0.3) is 0 Å². The minimum Gasteiger partial charge on any atom is -0.350 e. The number of fused-ring (bicyclic) bond motifs is 3. The summed E-state index contributed by atoms with van der Waals surface area (Å²) < 4.78 is 2.54. The number of thioether (sulfide) groups is 1. The molecule has 3 aromatic rings. The van der Waals surface area contributed by atoms with Gasteiger partial charge in [0.1, 0.15) is 5.82 Å². The predicted octanol–water partition coefficient (Wildman–Crippen LogP) is 7.45. The quantitative estimate of drug-likeness (QED) is 0.172. The fraction of sp³-hybridized carbons (Fsp3) is 0.571. The smallest absolute Gasteiger partial charge is 0.208 e. The van der Waals surface area contributed by atoms with Crippen LogP contribution in [0, 0.1) is 18.4 Å². The molecule has 3 aliphatic heterocycles. The number of rotatable bonds is 6. The second kappa shape index (κ2) is 12.1. The lowest BCUT2D eigenvalue weighted by Gasteiger charge is -2.46. The lowest BCUT2D eigenvalue weighted by atomic mass is 9.70. The second-order valence-electron chi connectivity index (χ2n) is 13.2. The molecule has 1 unspecified atom stereocenters. The summed E-state index contributed by atoms with van der Waals surface area (Å²) in [6, 6.07) is 21.8. The molecular formula is C35H44N6S. The Bertz CT molecular complexity index is 1430. The highest BCUT2D eigenvalue weighted by Gasteiger charge is 2.44. The first-order valence-electron chi connectivity index (χ1n) is 16.3. The van der Waals surface area contributed by atoms with Gasteiger partial charge >= 0.3 is 0 Å². The van der Waals surface area contributed by atoms with Crippen LogP contribution in [-0.2, 0) is 5.41 Å². The van der Waals surface area contributed by atoms with Gasteiger partial charge in [0.2, 0.25) is 6.19 Å². The van der Waals surface area contributed by atoms with Gasteiger partial charge in [-0.05, 0) is 94.4 Å². The number of aliphatic imine (C=N–C) groups is 1. The zero-order chi connectivity index (χ0) is 28.5. The summed E-state index contributed by atoms with van der Waals surface area (Å²) in [5.74, 6) is 1.16. The Kier molecular flexibility index (Phi) is 8.03. The van der Waals surface area contributed by atoms with Crippen molar-refractivity contribution in [2.24, 2.45) is 4.99 Å². The highest BCUT2D eigenvalue weighted by molar-refractivity contribution is 8.14. The summed E-state index contributed by atoms with van der Waals surface area (Å²) in [7, 11) is 0. The summed E-state index contributed by atoms with van der Waals surface area (Å²) in [6.07, 6.45) is 15.8. The maximum Gasteiger partial charge on any atom is 0.208 e. The molecule has 42 heavy (non-hydrogen) atoms. The van der Waals surface area contributed by atoms with Crippen molar-refractivity contribution in [3.8, 4) is 6.19 Å². The summed E-state index contributed by atoms with van der Waals surface area (Å²) in [5.41, 5.74) is 4.11. The molecule has 0 amide bonds. The number of nitriles is 1.